The van der Waals surface area contributed by atoms with Gasteiger partial charge < -0.3 is 0 Å². The molecule has 0 radical (unpaired) electrons. The number of hydrogen-bond donors (Lipinski definition) is 0. The monoisotopic (exact) mass is 306 g/mol. The molecule has 0 aliphatic heterocycles. The molecule has 0 atom stereocenters. The van der Waals surface area contributed by atoms with E-state index in [4.69, 9.17) is 0 Å². The molecule has 5 rings (SSSR count). The Hall–Kier alpha value is -3.19. The molecule has 1 heteroatoms. The van der Waals surface area contributed by atoms with Crippen LogP contribution >= 0.6 is 0 Å². The molecule has 0 aromatic heterocycles. The highest BCUT2D eigenvalue weighted by atomic mass is 16.1. The summed E-state index contributed by atoms with van der Waals surface area (Å²) in [5.74, 6) is 0.127. The third-order valence-electron chi connectivity index (χ3n) is 4.83. The van der Waals surface area contributed by atoms with Crippen molar-refractivity contribution >= 4 is 16.6 Å². The van der Waals surface area contributed by atoms with E-state index in [9.17, 15) is 4.79 Å². The van der Waals surface area contributed by atoms with E-state index >= 15 is 0 Å². The number of ketones is 1. The van der Waals surface area contributed by atoms with Gasteiger partial charge in [0.05, 0.1) is 0 Å². The molecule has 24 heavy (non-hydrogen) atoms. The Balaban J connectivity index is 1.74. The highest BCUT2D eigenvalue weighted by Crippen LogP contribution is 2.39. The zero-order chi connectivity index (χ0) is 16.1. The van der Waals surface area contributed by atoms with Gasteiger partial charge in [-0.05, 0) is 39.1 Å². The Morgan fingerprint density at radius 3 is 2.08 bits per heavy atom. The number of benzene rings is 4. The highest BCUT2D eigenvalue weighted by Gasteiger charge is 2.26. The second-order valence-electron chi connectivity index (χ2n) is 6.16. The first kappa shape index (κ1) is 13.3. The number of hydrogen-bond acceptors (Lipinski definition) is 1. The standard InChI is InChI=1S/C23H14O/c24-23-21-10-4-3-9-19(21)20-13-12-16(14-22(20)23)18-11-5-7-15-6-1-2-8-17(15)18/h1-14H. The van der Waals surface area contributed by atoms with Crippen LogP contribution in [-0.4, -0.2) is 5.78 Å². The van der Waals surface area contributed by atoms with E-state index in [0.29, 0.717) is 0 Å². The van der Waals surface area contributed by atoms with E-state index in [1.165, 1.54) is 16.3 Å². The molecule has 0 heterocycles. The zero-order valence-electron chi connectivity index (χ0n) is 13.0. The van der Waals surface area contributed by atoms with Crippen LogP contribution in [0.1, 0.15) is 15.9 Å². The molecule has 0 bridgehead atoms. The normalized spacial score (nSPS) is 12.2. The van der Waals surface area contributed by atoms with Gasteiger partial charge in [-0.25, -0.2) is 0 Å². The molecule has 112 valence electrons. The molecule has 4 aromatic rings. The number of fused-ring (bicyclic) bond motifs is 4. The minimum absolute atomic E-state index is 0.127. The van der Waals surface area contributed by atoms with Gasteiger partial charge in [0.15, 0.2) is 5.78 Å². The van der Waals surface area contributed by atoms with Gasteiger partial charge in [0.1, 0.15) is 0 Å². The van der Waals surface area contributed by atoms with Crippen LogP contribution in [0.25, 0.3) is 33.0 Å². The first-order valence-corrected chi connectivity index (χ1v) is 8.09. The predicted molar refractivity (Wildman–Crippen MR) is 98.3 cm³/mol. The minimum atomic E-state index is 0.127. The lowest BCUT2D eigenvalue weighted by Crippen LogP contribution is -1.95. The molecule has 0 fully saturated rings. The maximum Gasteiger partial charge on any atom is 0.194 e. The van der Waals surface area contributed by atoms with Crippen molar-refractivity contribution in [3.05, 3.63) is 96.1 Å². The van der Waals surface area contributed by atoms with E-state index in [1.54, 1.807) is 0 Å². The lowest BCUT2D eigenvalue weighted by atomic mass is 9.95. The summed E-state index contributed by atoms with van der Waals surface area (Å²) in [5, 5.41) is 2.42. The Bertz CT molecular complexity index is 1120. The van der Waals surface area contributed by atoms with Gasteiger partial charge in [-0.3, -0.25) is 4.79 Å². The molecule has 1 aliphatic rings. The Labute approximate surface area is 140 Å². The van der Waals surface area contributed by atoms with E-state index in [-0.39, 0.29) is 5.78 Å². The summed E-state index contributed by atoms with van der Waals surface area (Å²) in [5.41, 5.74) is 5.96. The van der Waals surface area contributed by atoms with Crippen LogP contribution in [0, 0.1) is 0 Å². The largest absolute Gasteiger partial charge is 0.289 e. The van der Waals surface area contributed by atoms with Gasteiger partial charge in [0.2, 0.25) is 0 Å². The van der Waals surface area contributed by atoms with Crippen LogP contribution in [0.15, 0.2) is 84.9 Å². The second kappa shape index (κ2) is 4.90. The molecule has 1 aliphatic carbocycles. The van der Waals surface area contributed by atoms with E-state index in [1.807, 2.05) is 30.3 Å². The summed E-state index contributed by atoms with van der Waals surface area (Å²) < 4.78 is 0. The van der Waals surface area contributed by atoms with Crippen molar-refractivity contribution < 1.29 is 4.79 Å². The van der Waals surface area contributed by atoms with Crippen molar-refractivity contribution in [1.82, 2.24) is 0 Å². The van der Waals surface area contributed by atoms with Crippen LogP contribution in [0.5, 0.6) is 0 Å². The van der Waals surface area contributed by atoms with E-state index in [0.717, 1.165) is 27.8 Å². The summed E-state index contributed by atoms with van der Waals surface area (Å²) >= 11 is 0. The third-order valence-corrected chi connectivity index (χ3v) is 4.83. The zero-order valence-corrected chi connectivity index (χ0v) is 13.0. The van der Waals surface area contributed by atoms with Crippen LogP contribution in [0.2, 0.25) is 0 Å². The number of rotatable bonds is 1. The molecule has 0 amide bonds. The SMILES string of the molecule is O=C1c2ccccc2-c2ccc(-c3cccc4ccccc34)cc21. The fourth-order valence-electron chi connectivity index (χ4n) is 3.67. The fraction of sp³-hybridized carbons (Fsp3) is 0. The van der Waals surface area contributed by atoms with Gasteiger partial charge >= 0.3 is 0 Å². The van der Waals surface area contributed by atoms with Gasteiger partial charge in [0.25, 0.3) is 0 Å². The van der Waals surface area contributed by atoms with Crippen molar-refractivity contribution in [3.63, 3.8) is 0 Å². The smallest absolute Gasteiger partial charge is 0.194 e. The maximum absolute atomic E-state index is 12.7. The lowest BCUT2D eigenvalue weighted by Gasteiger charge is -2.08. The molecule has 0 saturated heterocycles. The first-order chi connectivity index (χ1) is 11.8. The molecular formula is C23H14O. The summed E-state index contributed by atoms with van der Waals surface area (Å²) in [6, 6.07) is 28.8. The molecule has 0 N–H and O–H groups in total. The Kier molecular flexibility index (Phi) is 2.71. The fourth-order valence-corrected chi connectivity index (χ4v) is 3.67. The Morgan fingerprint density at radius 2 is 1.17 bits per heavy atom. The average molecular weight is 306 g/mol. The first-order valence-electron chi connectivity index (χ1n) is 8.09. The van der Waals surface area contributed by atoms with Crippen molar-refractivity contribution in [2.45, 2.75) is 0 Å². The van der Waals surface area contributed by atoms with E-state index in [2.05, 4.69) is 54.6 Å². The highest BCUT2D eigenvalue weighted by molar-refractivity contribution is 6.22. The van der Waals surface area contributed by atoms with Gasteiger partial charge in [-0.15, -0.1) is 0 Å². The molecule has 4 aromatic carbocycles. The quantitative estimate of drug-likeness (QED) is 0.387. The summed E-state index contributed by atoms with van der Waals surface area (Å²) in [6.45, 7) is 0. The van der Waals surface area contributed by atoms with Crippen LogP contribution in [0.3, 0.4) is 0 Å². The molecule has 0 saturated carbocycles. The van der Waals surface area contributed by atoms with Crippen LogP contribution in [0.4, 0.5) is 0 Å². The van der Waals surface area contributed by atoms with Crippen molar-refractivity contribution in [3.8, 4) is 22.3 Å². The summed E-state index contributed by atoms with van der Waals surface area (Å²) in [7, 11) is 0. The van der Waals surface area contributed by atoms with Crippen molar-refractivity contribution in [2.75, 3.05) is 0 Å². The van der Waals surface area contributed by atoms with E-state index < -0.39 is 0 Å². The molecule has 1 nitrogen and oxygen atoms in total. The molecule has 0 unspecified atom stereocenters. The Morgan fingerprint density at radius 1 is 0.500 bits per heavy atom. The minimum Gasteiger partial charge on any atom is -0.289 e. The third kappa shape index (κ3) is 1.79. The van der Waals surface area contributed by atoms with Gasteiger partial charge in [-0.2, -0.15) is 0 Å². The lowest BCUT2D eigenvalue weighted by molar-refractivity contribution is 0.104. The van der Waals surface area contributed by atoms with Gasteiger partial charge in [-0.1, -0.05) is 78.9 Å². The van der Waals surface area contributed by atoms with Gasteiger partial charge in [0, 0.05) is 11.1 Å². The van der Waals surface area contributed by atoms with Crippen molar-refractivity contribution in [2.24, 2.45) is 0 Å². The summed E-state index contributed by atoms with van der Waals surface area (Å²) in [6.07, 6.45) is 0. The second-order valence-corrected chi connectivity index (χ2v) is 6.16. The molecular weight excluding hydrogens is 292 g/mol. The van der Waals surface area contributed by atoms with Crippen molar-refractivity contribution in [1.29, 1.82) is 0 Å². The summed E-state index contributed by atoms with van der Waals surface area (Å²) in [4.78, 5) is 12.7. The topological polar surface area (TPSA) is 17.1 Å². The van der Waals surface area contributed by atoms with Crippen LogP contribution < -0.4 is 0 Å². The number of carbonyl (C=O) groups excluding carboxylic acids is 1. The maximum atomic E-state index is 12.7. The molecule has 0 spiro atoms. The average Bonchev–Trinajstić information content (AvgIpc) is 2.94. The number of carbonyl (C=O) groups is 1. The van der Waals surface area contributed by atoms with Crippen LogP contribution in [-0.2, 0) is 0 Å². The predicted octanol–water partition coefficient (Wildman–Crippen LogP) is 5.72.